The van der Waals surface area contributed by atoms with E-state index < -0.39 is 0 Å². The maximum atomic E-state index is 4.38. The van der Waals surface area contributed by atoms with Gasteiger partial charge in [0, 0.05) is 37.6 Å². The fraction of sp³-hybridized carbons (Fsp3) is 0.632. The van der Waals surface area contributed by atoms with Crippen LogP contribution in [0.15, 0.2) is 35.3 Å². The van der Waals surface area contributed by atoms with E-state index in [1.807, 2.05) is 7.05 Å². The van der Waals surface area contributed by atoms with Gasteiger partial charge in [-0.1, -0.05) is 30.3 Å². The van der Waals surface area contributed by atoms with E-state index in [9.17, 15) is 0 Å². The van der Waals surface area contributed by atoms with Crippen molar-refractivity contribution in [2.75, 3.05) is 27.2 Å². The number of rotatable bonds is 7. The molecule has 2 N–H and O–H groups in total. The summed E-state index contributed by atoms with van der Waals surface area (Å²) in [6, 6.07) is 12.2. The monoisotopic (exact) mass is 442 g/mol. The van der Waals surface area contributed by atoms with Crippen LogP contribution in [0.3, 0.4) is 0 Å². The molecule has 3 rings (SSSR count). The summed E-state index contributed by atoms with van der Waals surface area (Å²) in [7, 11) is 4.08. The average Bonchev–Trinajstić information content (AvgIpc) is 3.49. The summed E-state index contributed by atoms with van der Waals surface area (Å²) in [6.07, 6.45) is 5.24. The summed E-state index contributed by atoms with van der Waals surface area (Å²) in [4.78, 5) is 6.86. The van der Waals surface area contributed by atoms with Crippen LogP contribution in [-0.4, -0.2) is 50.1 Å². The topological polar surface area (TPSA) is 39.7 Å². The van der Waals surface area contributed by atoms with Crippen LogP contribution in [0, 0.1) is 0 Å². The zero-order valence-electron chi connectivity index (χ0n) is 15.1. The Labute approximate surface area is 163 Å². The number of benzene rings is 1. The Kier molecular flexibility index (Phi) is 6.92. The number of guanidine groups is 1. The van der Waals surface area contributed by atoms with E-state index >= 15 is 0 Å². The number of hydrogen-bond acceptors (Lipinski definition) is 2. The lowest BCUT2D eigenvalue weighted by atomic mass is 9.96. The predicted molar refractivity (Wildman–Crippen MR) is 112 cm³/mol. The fourth-order valence-corrected chi connectivity index (χ4v) is 3.21. The third-order valence-electron chi connectivity index (χ3n) is 5.44. The Morgan fingerprint density at radius 1 is 1.25 bits per heavy atom. The van der Waals surface area contributed by atoms with Crippen molar-refractivity contribution in [1.29, 1.82) is 0 Å². The number of hydrogen-bond donors (Lipinski definition) is 2. The lowest BCUT2D eigenvalue weighted by molar-refractivity contribution is 0.247. The zero-order chi connectivity index (χ0) is 16.3. The molecule has 1 atom stereocenters. The van der Waals surface area contributed by atoms with E-state index in [0.29, 0.717) is 11.5 Å². The lowest BCUT2D eigenvalue weighted by Crippen LogP contribution is -2.47. The zero-order valence-corrected chi connectivity index (χ0v) is 17.4. The van der Waals surface area contributed by atoms with Gasteiger partial charge in [0.2, 0.25) is 0 Å². The molecule has 1 aromatic rings. The van der Waals surface area contributed by atoms with Crippen LogP contribution >= 0.6 is 24.0 Å². The van der Waals surface area contributed by atoms with Crippen molar-refractivity contribution in [3.63, 3.8) is 0 Å². The molecule has 2 aliphatic carbocycles. The van der Waals surface area contributed by atoms with E-state index in [2.05, 4.69) is 64.8 Å². The molecule has 24 heavy (non-hydrogen) atoms. The smallest absolute Gasteiger partial charge is 0.191 e. The minimum atomic E-state index is 0. The van der Waals surface area contributed by atoms with Crippen molar-refractivity contribution in [3.05, 3.63) is 35.9 Å². The van der Waals surface area contributed by atoms with Crippen LogP contribution in [0.25, 0.3) is 0 Å². The van der Waals surface area contributed by atoms with Crippen LogP contribution in [0.5, 0.6) is 0 Å². The van der Waals surface area contributed by atoms with Gasteiger partial charge < -0.3 is 10.6 Å². The quantitative estimate of drug-likeness (QED) is 0.388. The molecular weight excluding hydrogens is 411 g/mol. The SMILES string of the molecule is CN=C(NCC(C)N(C)C1CC1)NCC1(c2ccccc2)CC1.I. The molecule has 0 aromatic heterocycles. The van der Waals surface area contributed by atoms with Gasteiger partial charge in [-0.05, 0) is 45.2 Å². The molecular formula is C19H31IN4. The highest BCUT2D eigenvalue weighted by atomic mass is 127. The maximum absolute atomic E-state index is 4.38. The molecule has 1 unspecified atom stereocenters. The first-order chi connectivity index (χ1) is 11.1. The van der Waals surface area contributed by atoms with Gasteiger partial charge >= 0.3 is 0 Å². The Balaban J connectivity index is 0.00000208. The summed E-state index contributed by atoms with van der Waals surface area (Å²) >= 11 is 0. The van der Waals surface area contributed by atoms with E-state index in [0.717, 1.165) is 25.1 Å². The first kappa shape index (κ1) is 19.5. The molecule has 0 amide bonds. The van der Waals surface area contributed by atoms with Gasteiger partial charge in [-0.2, -0.15) is 0 Å². The highest BCUT2D eigenvalue weighted by molar-refractivity contribution is 14.0. The van der Waals surface area contributed by atoms with Crippen LogP contribution in [-0.2, 0) is 5.41 Å². The summed E-state index contributed by atoms with van der Waals surface area (Å²) < 4.78 is 0. The van der Waals surface area contributed by atoms with Crippen LogP contribution in [0.1, 0.15) is 38.2 Å². The average molecular weight is 442 g/mol. The normalized spacial score (nSPS) is 20.2. The molecule has 4 nitrogen and oxygen atoms in total. The first-order valence-corrected chi connectivity index (χ1v) is 8.86. The van der Waals surface area contributed by atoms with Crippen molar-refractivity contribution in [2.24, 2.45) is 4.99 Å². The van der Waals surface area contributed by atoms with Gasteiger partial charge in [-0.25, -0.2) is 0 Å². The molecule has 1 aromatic carbocycles. The molecule has 2 saturated carbocycles. The summed E-state index contributed by atoms with van der Waals surface area (Å²) in [6.45, 7) is 4.18. The molecule has 0 saturated heterocycles. The Bertz CT molecular complexity index is 538. The van der Waals surface area contributed by atoms with Gasteiger partial charge in [-0.3, -0.25) is 9.89 Å². The predicted octanol–water partition coefficient (Wildman–Crippen LogP) is 2.98. The van der Waals surface area contributed by atoms with Gasteiger partial charge in [-0.15, -0.1) is 24.0 Å². The van der Waals surface area contributed by atoms with Crippen molar-refractivity contribution < 1.29 is 0 Å². The third kappa shape index (κ3) is 4.85. The van der Waals surface area contributed by atoms with Crippen molar-refractivity contribution >= 4 is 29.9 Å². The molecule has 2 fully saturated rings. The van der Waals surface area contributed by atoms with Crippen LogP contribution in [0.4, 0.5) is 0 Å². The van der Waals surface area contributed by atoms with E-state index in [4.69, 9.17) is 0 Å². The molecule has 0 spiro atoms. The summed E-state index contributed by atoms with van der Waals surface area (Å²) in [5, 5.41) is 7.01. The second-order valence-electron chi connectivity index (χ2n) is 7.20. The largest absolute Gasteiger partial charge is 0.356 e. The van der Waals surface area contributed by atoms with Gasteiger partial charge in [0.05, 0.1) is 0 Å². The van der Waals surface area contributed by atoms with Gasteiger partial charge in [0.25, 0.3) is 0 Å². The molecule has 0 heterocycles. The van der Waals surface area contributed by atoms with Crippen molar-refractivity contribution in [2.45, 2.75) is 50.1 Å². The lowest BCUT2D eigenvalue weighted by Gasteiger charge is -2.26. The number of likely N-dealkylation sites (N-methyl/N-ethyl adjacent to an activating group) is 1. The second kappa shape index (κ2) is 8.52. The maximum Gasteiger partial charge on any atom is 0.191 e. The van der Waals surface area contributed by atoms with Crippen molar-refractivity contribution in [1.82, 2.24) is 15.5 Å². The third-order valence-corrected chi connectivity index (χ3v) is 5.44. The number of nitrogens with zero attached hydrogens (tertiary/aromatic N) is 2. The molecule has 134 valence electrons. The molecule has 0 radical (unpaired) electrons. The van der Waals surface area contributed by atoms with Crippen molar-refractivity contribution in [3.8, 4) is 0 Å². The van der Waals surface area contributed by atoms with Crippen LogP contribution < -0.4 is 10.6 Å². The summed E-state index contributed by atoms with van der Waals surface area (Å²) in [5.41, 5.74) is 1.76. The minimum Gasteiger partial charge on any atom is -0.356 e. The van der Waals surface area contributed by atoms with E-state index in [-0.39, 0.29) is 24.0 Å². The van der Waals surface area contributed by atoms with Gasteiger partial charge in [0.1, 0.15) is 0 Å². The van der Waals surface area contributed by atoms with E-state index in [1.165, 1.54) is 31.2 Å². The van der Waals surface area contributed by atoms with Gasteiger partial charge in [0.15, 0.2) is 5.96 Å². The standard InChI is InChI=1S/C19H30N4.HI/c1-15(23(3)17-9-10-17)13-21-18(20-2)22-14-19(11-12-19)16-7-5-4-6-8-16;/h4-8,15,17H,9-14H2,1-3H3,(H2,20,21,22);1H. The number of aliphatic imine (C=N–C) groups is 1. The number of nitrogens with one attached hydrogen (secondary N) is 2. The highest BCUT2D eigenvalue weighted by Gasteiger charge is 2.44. The molecule has 5 heteroatoms. The first-order valence-electron chi connectivity index (χ1n) is 8.86. The summed E-state index contributed by atoms with van der Waals surface area (Å²) in [5.74, 6) is 0.920. The Hall–Kier alpha value is -0.820. The fourth-order valence-electron chi connectivity index (χ4n) is 3.21. The molecule has 2 aliphatic rings. The highest BCUT2D eigenvalue weighted by Crippen LogP contribution is 2.47. The minimum absolute atomic E-state index is 0. The Morgan fingerprint density at radius 3 is 2.46 bits per heavy atom. The molecule has 0 bridgehead atoms. The molecule has 0 aliphatic heterocycles. The Morgan fingerprint density at radius 2 is 1.92 bits per heavy atom. The second-order valence-corrected chi connectivity index (χ2v) is 7.20. The number of halogens is 1. The van der Waals surface area contributed by atoms with E-state index in [1.54, 1.807) is 0 Å². The van der Waals surface area contributed by atoms with Crippen LogP contribution in [0.2, 0.25) is 0 Å².